The highest BCUT2D eigenvalue weighted by Gasteiger charge is 2.01. The Labute approximate surface area is 116 Å². The van der Waals surface area contributed by atoms with E-state index in [0.717, 1.165) is 31.1 Å². The van der Waals surface area contributed by atoms with Crippen LogP contribution in [0.15, 0.2) is 24.3 Å². The molecule has 1 N–H and O–H groups in total. The molecule has 0 heterocycles. The van der Waals surface area contributed by atoms with Crippen LogP contribution in [0, 0.1) is 0 Å². The van der Waals surface area contributed by atoms with Crippen molar-refractivity contribution in [2.75, 3.05) is 47.4 Å². The van der Waals surface area contributed by atoms with E-state index in [9.17, 15) is 0 Å². The molecule has 4 heteroatoms. The molecule has 0 atom stereocenters. The van der Waals surface area contributed by atoms with E-state index < -0.39 is 0 Å². The minimum atomic E-state index is 0.661. The normalized spacial score (nSPS) is 10.7. The number of nitrogens with one attached hydrogen (secondary N) is 1. The van der Waals surface area contributed by atoms with E-state index in [0.29, 0.717) is 6.61 Å². The number of rotatable bonds is 10. The van der Waals surface area contributed by atoms with Crippen molar-refractivity contribution in [3.8, 4) is 11.5 Å². The van der Waals surface area contributed by atoms with Gasteiger partial charge in [-0.05, 0) is 52.2 Å². The first-order chi connectivity index (χ1) is 9.24. The molecular formula is C15H26N2O2. The summed E-state index contributed by atoms with van der Waals surface area (Å²) in [5.41, 5.74) is 0. The number of nitrogens with zero attached hydrogens (tertiary/aromatic N) is 1. The lowest BCUT2D eigenvalue weighted by atomic mass is 10.3. The van der Waals surface area contributed by atoms with Crippen molar-refractivity contribution in [1.29, 1.82) is 0 Å². The molecule has 0 saturated heterocycles. The summed E-state index contributed by atoms with van der Waals surface area (Å²) in [7, 11) is 5.87. The number of hydrogen-bond acceptors (Lipinski definition) is 4. The average Bonchev–Trinajstić information content (AvgIpc) is 2.42. The largest absolute Gasteiger partial charge is 0.493 e. The summed E-state index contributed by atoms with van der Waals surface area (Å²) in [6.45, 7) is 3.72. The number of hydrogen-bond donors (Lipinski definition) is 1. The second-order valence-electron chi connectivity index (χ2n) is 4.76. The van der Waals surface area contributed by atoms with Crippen molar-refractivity contribution in [3.05, 3.63) is 24.3 Å². The van der Waals surface area contributed by atoms with Crippen molar-refractivity contribution < 1.29 is 9.47 Å². The van der Waals surface area contributed by atoms with Crippen molar-refractivity contribution in [2.45, 2.75) is 12.8 Å². The number of benzene rings is 1. The van der Waals surface area contributed by atoms with E-state index in [1.165, 1.54) is 12.8 Å². The summed E-state index contributed by atoms with van der Waals surface area (Å²) < 4.78 is 10.9. The van der Waals surface area contributed by atoms with Gasteiger partial charge in [0.2, 0.25) is 0 Å². The van der Waals surface area contributed by atoms with Gasteiger partial charge in [-0.2, -0.15) is 0 Å². The molecule has 1 aromatic rings. The predicted octanol–water partition coefficient (Wildman–Crippen LogP) is 2.01. The molecule has 0 aliphatic rings. The Morgan fingerprint density at radius 3 is 2.47 bits per heavy atom. The molecule has 0 aliphatic carbocycles. The topological polar surface area (TPSA) is 33.7 Å². The van der Waals surface area contributed by atoms with Gasteiger partial charge in [-0.15, -0.1) is 0 Å². The molecule has 19 heavy (non-hydrogen) atoms. The molecule has 0 unspecified atom stereocenters. The fourth-order valence-corrected chi connectivity index (χ4v) is 1.77. The fraction of sp³-hybridized carbons (Fsp3) is 0.600. The van der Waals surface area contributed by atoms with Crippen LogP contribution in [0.25, 0.3) is 0 Å². The lowest BCUT2D eigenvalue weighted by Gasteiger charge is -2.11. The Morgan fingerprint density at radius 1 is 1.05 bits per heavy atom. The summed E-state index contributed by atoms with van der Waals surface area (Å²) in [5, 5.41) is 3.38. The lowest BCUT2D eigenvalue weighted by Crippen LogP contribution is -2.23. The smallest absolute Gasteiger partial charge is 0.161 e. The Morgan fingerprint density at radius 2 is 1.79 bits per heavy atom. The molecular weight excluding hydrogens is 240 g/mol. The van der Waals surface area contributed by atoms with Crippen LogP contribution in [0.1, 0.15) is 12.8 Å². The van der Waals surface area contributed by atoms with Gasteiger partial charge in [-0.1, -0.05) is 12.1 Å². The third kappa shape index (κ3) is 7.03. The molecule has 0 aromatic heterocycles. The van der Waals surface area contributed by atoms with Crippen LogP contribution in [0.3, 0.4) is 0 Å². The highest BCUT2D eigenvalue weighted by Crippen LogP contribution is 2.25. The summed E-state index contributed by atoms with van der Waals surface area (Å²) >= 11 is 0. The number of methoxy groups -OCH3 is 1. The number of para-hydroxylation sites is 2. The molecule has 1 aromatic carbocycles. The van der Waals surface area contributed by atoms with Gasteiger partial charge in [0.25, 0.3) is 0 Å². The van der Waals surface area contributed by atoms with Gasteiger partial charge >= 0.3 is 0 Å². The lowest BCUT2D eigenvalue weighted by molar-refractivity contribution is 0.291. The van der Waals surface area contributed by atoms with E-state index in [2.05, 4.69) is 24.3 Å². The van der Waals surface area contributed by atoms with Crippen LogP contribution in [-0.4, -0.2) is 52.3 Å². The highest BCUT2D eigenvalue weighted by molar-refractivity contribution is 5.39. The van der Waals surface area contributed by atoms with Crippen molar-refractivity contribution in [3.63, 3.8) is 0 Å². The van der Waals surface area contributed by atoms with E-state index in [4.69, 9.17) is 9.47 Å². The predicted molar refractivity (Wildman–Crippen MR) is 79.1 cm³/mol. The van der Waals surface area contributed by atoms with Crippen LogP contribution in [0.5, 0.6) is 11.5 Å². The standard InChI is InChI=1S/C15H26N2O2/c1-17(2)12-7-6-10-16-11-13-19-15-9-5-4-8-14(15)18-3/h4-5,8-9,16H,6-7,10-13H2,1-3H3. The maximum Gasteiger partial charge on any atom is 0.161 e. The van der Waals surface area contributed by atoms with E-state index in [1.807, 2.05) is 24.3 Å². The summed E-state index contributed by atoms with van der Waals surface area (Å²) in [4.78, 5) is 2.21. The van der Waals surface area contributed by atoms with E-state index in [1.54, 1.807) is 7.11 Å². The van der Waals surface area contributed by atoms with Gasteiger partial charge in [0.1, 0.15) is 6.61 Å². The van der Waals surface area contributed by atoms with Gasteiger partial charge in [-0.3, -0.25) is 0 Å². The van der Waals surface area contributed by atoms with Gasteiger partial charge in [-0.25, -0.2) is 0 Å². The molecule has 108 valence electrons. The Kier molecular flexibility index (Phi) is 8.02. The molecule has 0 spiro atoms. The molecule has 0 aliphatic heterocycles. The maximum atomic E-state index is 5.68. The Bertz CT molecular complexity index is 343. The van der Waals surface area contributed by atoms with Crippen molar-refractivity contribution >= 4 is 0 Å². The van der Waals surface area contributed by atoms with Crippen molar-refractivity contribution in [2.24, 2.45) is 0 Å². The highest BCUT2D eigenvalue weighted by atomic mass is 16.5. The van der Waals surface area contributed by atoms with Crippen molar-refractivity contribution in [1.82, 2.24) is 10.2 Å². The van der Waals surface area contributed by atoms with Gasteiger partial charge in [0, 0.05) is 6.54 Å². The zero-order chi connectivity index (χ0) is 13.9. The monoisotopic (exact) mass is 266 g/mol. The van der Waals surface area contributed by atoms with Crippen LogP contribution in [0.4, 0.5) is 0 Å². The molecule has 0 saturated carbocycles. The Balaban J connectivity index is 2.04. The first-order valence-corrected chi connectivity index (χ1v) is 6.85. The zero-order valence-electron chi connectivity index (χ0n) is 12.3. The molecule has 0 fully saturated rings. The first-order valence-electron chi connectivity index (χ1n) is 6.85. The summed E-state index contributed by atoms with van der Waals surface area (Å²) in [5.74, 6) is 1.59. The van der Waals surface area contributed by atoms with Gasteiger partial charge in [0.05, 0.1) is 7.11 Å². The number of unbranched alkanes of at least 4 members (excludes halogenated alkanes) is 1. The Hall–Kier alpha value is -1.26. The van der Waals surface area contributed by atoms with Crippen LogP contribution in [0.2, 0.25) is 0 Å². The SMILES string of the molecule is COc1ccccc1OCCNCCCCN(C)C. The van der Waals surface area contributed by atoms with E-state index >= 15 is 0 Å². The first kappa shape index (κ1) is 15.8. The minimum absolute atomic E-state index is 0.661. The third-order valence-electron chi connectivity index (χ3n) is 2.81. The van der Waals surface area contributed by atoms with Gasteiger partial charge in [0.15, 0.2) is 11.5 Å². The maximum absolute atomic E-state index is 5.68. The second-order valence-corrected chi connectivity index (χ2v) is 4.76. The summed E-state index contributed by atoms with van der Waals surface area (Å²) in [6.07, 6.45) is 2.43. The summed E-state index contributed by atoms with van der Waals surface area (Å²) in [6, 6.07) is 7.72. The molecule has 0 bridgehead atoms. The average molecular weight is 266 g/mol. The molecule has 0 amide bonds. The third-order valence-corrected chi connectivity index (χ3v) is 2.81. The number of ether oxygens (including phenoxy) is 2. The van der Waals surface area contributed by atoms with Crippen LogP contribution < -0.4 is 14.8 Å². The minimum Gasteiger partial charge on any atom is -0.493 e. The molecule has 4 nitrogen and oxygen atoms in total. The zero-order valence-corrected chi connectivity index (χ0v) is 12.3. The quantitative estimate of drug-likeness (QED) is 0.657. The molecule has 1 rings (SSSR count). The molecule has 0 radical (unpaired) electrons. The van der Waals surface area contributed by atoms with E-state index in [-0.39, 0.29) is 0 Å². The van der Waals surface area contributed by atoms with Gasteiger partial charge < -0.3 is 19.7 Å². The van der Waals surface area contributed by atoms with Crippen LogP contribution in [-0.2, 0) is 0 Å². The fourth-order valence-electron chi connectivity index (χ4n) is 1.77. The van der Waals surface area contributed by atoms with Crippen LogP contribution >= 0.6 is 0 Å². The second kappa shape index (κ2) is 9.64.